The number of anilines is 1. The number of aryl methyl sites for hydroxylation is 1. The number of carbonyl (C=O) groups excluding carboxylic acids is 1. The number of Topliss-reactive ketones (excluding diaryl/α,β-unsaturated/α-hetero) is 1. The van der Waals surface area contributed by atoms with Crippen LogP contribution in [0.1, 0.15) is 76.0 Å². The van der Waals surface area contributed by atoms with Crippen molar-refractivity contribution in [3.8, 4) is 0 Å². The molecule has 1 aliphatic rings. The predicted molar refractivity (Wildman–Crippen MR) is 149 cm³/mol. The first-order chi connectivity index (χ1) is 16.8. The van der Waals surface area contributed by atoms with Gasteiger partial charge in [0.2, 0.25) is 0 Å². The lowest BCUT2D eigenvalue weighted by molar-refractivity contribution is -0.118. The molecule has 1 aliphatic heterocycles. The van der Waals surface area contributed by atoms with Crippen molar-refractivity contribution in [3.05, 3.63) is 64.2 Å². The molecule has 2 aromatic rings. The van der Waals surface area contributed by atoms with E-state index in [9.17, 15) is 18.3 Å². The minimum atomic E-state index is -3.10. The Morgan fingerprint density at radius 3 is 2.25 bits per heavy atom. The molecule has 1 heterocycles. The van der Waals surface area contributed by atoms with E-state index >= 15 is 0 Å². The molecule has 36 heavy (non-hydrogen) atoms. The molecule has 0 aromatic heterocycles. The maximum absolute atomic E-state index is 12.5. The van der Waals surface area contributed by atoms with Gasteiger partial charge in [0, 0.05) is 36.6 Å². The molecule has 0 spiro atoms. The Bertz CT molecular complexity index is 1140. The fourth-order valence-corrected chi connectivity index (χ4v) is 6.08. The summed E-state index contributed by atoms with van der Waals surface area (Å²) in [7, 11) is -3.10. The number of hydrogen-bond acceptors (Lipinski definition) is 5. The third kappa shape index (κ3) is 7.33. The SMILES string of the molecule is Cc1cc(CC(=O)CCCCCS(=O)(=O)C(C)(C)C)ccc1N1CCC(O)(c2ccc(Cl)cc2)CC1. The molecule has 0 bridgehead atoms. The molecule has 0 atom stereocenters. The van der Waals surface area contributed by atoms with Gasteiger partial charge in [0.25, 0.3) is 0 Å². The summed E-state index contributed by atoms with van der Waals surface area (Å²) < 4.78 is 23.6. The molecule has 1 saturated heterocycles. The number of unbranched alkanes of at least 4 members (excludes halogenated alkanes) is 2. The van der Waals surface area contributed by atoms with E-state index in [0.29, 0.717) is 37.1 Å². The van der Waals surface area contributed by atoms with Gasteiger partial charge in [0.1, 0.15) is 5.78 Å². The van der Waals surface area contributed by atoms with Crippen LogP contribution in [0.4, 0.5) is 5.69 Å². The van der Waals surface area contributed by atoms with Crippen LogP contribution < -0.4 is 4.90 Å². The van der Waals surface area contributed by atoms with Crippen molar-refractivity contribution in [2.75, 3.05) is 23.7 Å². The lowest BCUT2D eigenvalue weighted by Gasteiger charge is -2.40. The highest BCUT2D eigenvalue weighted by Gasteiger charge is 2.34. The Hall–Kier alpha value is -1.89. The molecule has 7 heteroatoms. The van der Waals surface area contributed by atoms with Crippen LogP contribution in [-0.2, 0) is 26.7 Å². The summed E-state index contributed by atoms with van der Waals surface area (Å²) in [6.45, 7) is 8.76. The Morgan fingerprint density at radius 2 is 1.67 bits per heavy atom. The highest BCUT2D eigenvalue weighted by molar-refractivity contribution is 7.92. The van der Waals surface area contributed by atoms with E-state index in [1.165, 1.54) is 0 Å². The van der Waals surface area contributed by atoms with Crippen LogP contribution in [0.3, 0.4) is 0 Å². The van der Waals surface area contributed by atoms with Gasteiger partial charge < -0.3 is 10.0 Å². The number of benzene rings is 2. The average Bonchev–Trinajstić information content (AvgIpc) is 2.79. The van der Waals surface area contributed by atoms with E-state index in [4.69, 9.17) is 11.6 Å². The lowest BCUT2D eigenvalue weighted by Crippen LogP contribution is -2.42. The summed E-state index contributed by atoms with van der Waals surface area (Å²) >= 11 is 6.00. The monoisotopic (exact) mass is 533 g/mol. The van der Waals surface area contributed by atoms with Crippen LogP contribution in [0, 0.1) is 6.92 Å². The first-order valence-electron chi connectivity index (χ1n) is 12.9. The first kappa shape index (κ1) is 28.7. The Balaban J connectivity index is 1.47. The number of aliphatic hydroxyl groups is 1. The van der Waals surface area contributed by atoms with Crippen LogP contribution in [0.15, 0.2) is 42.5 Å². The van der Waals surface area contributed by atoms with Crippen molar-refractivity contribution in [1.82, 2.24) is 0 Å². The van der Waals surface area contributed by atoms with Crippen LogP contribution >= 0.6 is 11.6 Å². The highest BCUT2D eigenvalue weighted by atomic mass is 35.5. The minimum Gasteiger partial charge on any atom is -0.385 e. The van der Waals surface area contributed by atoms with Gasteiger partial charge in [-0.15, -0.1) is 0 Å². The van der Waals surface area contributed by atoms with Gasteiger partial charge in [-0.3, -0.25) is 4.79 Å². The fraction of sp³-hybridized carbons (Fsp3) is 0.552. The number of rotatable bonds is 10. The summed E-state index contributed by atoms with van der Waals surface area (Å²) in [5.41, 5.74) is 3.35. The van der Waals surface area contributed by atoms with Gasteiger partial charge in [0.05, 0.1) is 16.1 Å². The maximum atomic E-state index is 12.5. The van der Waals surface area contributed by atoms with Gasteiger partial charge in [-0.25, -0.2) is 8.42 Å². The molecule has 0 saturated carbocycles. The highest BCUT2D eigenvalue weighted by Crippen LogP contribution is 2.36. The van der Waals surface area contributed by atoms with Gasteiger partial charge in [-0.05, 0) is 88.3 Å². The van der Waals surface area contributed by atoms with Crippen molar-refractivity contribution in [3.63, 3.8) is 0 Å². The van der Waals surface area contributed by atoms with E-state index in [1.807, 2.05) is 30.3 Å². The molecule has 5 nitrogen and oxygen atoms in total. The molecule has 0 amide bonds. The van der Waals surface area contributed by atoms with E-state index < -0.39 is 20.2 Å². The van der Waals surface area contributed by atoms with Gasteiger partial charge in [-0.2, -0.15) is 0 Å². The molecule has 1 fully saturated rings. The second kappa shape index (κ2) is 11.7. The standard InChI is InChI=1S/C29H40ClNO4S/c1-22-20-23(21-26(32)8-6-5-7-19-36(34,35)28(2,3)4)9-14-27(22)31-17-15-29(33,16-18-31)24-10-12-25(30)13-11-24/h9-14,20,33H,5-8,15-19,21H2,1-4H3. The summed E-state index contributed by atoms with van der Waals surface area (Å²) in [6, 6.07) is 13.7. The molecule has 0 aliphatic carbocycles. The minimum absolute atomic E-state index is 0.180. The number of piperidine rings is 1. The van der Waals surface area contributed by atoms with E-state index in [0.717, 1.165) is 48.3 Å². The summed E-state index contributed by atoms with van der Waals surface area (Å²) in [5.74, 6) is 0.366. The third-order valence-electron chi connectivity index (χ3n) is 7.28. The number of hydrogen-bond donors (Lipinski definition) is 1. The second-order valence-corrected chi connectivity index (χ2v) is 14.4. The van der Waals surface area contributed by atoms with Crippen LogP contribution in [-0.4, -0.2) is 42.9 Å². The number of halogens is 1. The van der Waals surface area contributed by atoms with E-state index in [1.54, 1.807) is 20.8 Å². The normalized spacial score (nSPS) is 16.2. The molecule has 2 aromatic carbocycles. The lowest BCUT2D eigenvalue weighted by atomic mass is 9.84. The van der Waals surface area contributed by atoms with Gasteiger partial charge >= 0.3 is 0 Å². The molecular formula is C29H40ClNO4S. The number of nitrogens with zero attached hydrogens (tertiary/aromatic N) is 1. The summed E-state index contributed by atoms with van der Waals surface area (Å²) in [6.07, 6.45) is 4.24. The van der Waals surface area contributed by atoms with E-state index in [2.05, 4.69) is 24.0 Å². The Kier molecular flexibility index (Phi) is 9.29. The first-order valence-corrected chi connectivity index (χ1v) is 14.9. The molecule has 198 valence electrons. The number of ketones is 1. The molecular weight excluding hydrogens is 494 g/mol. The Morgan fingerprint density at radius 1 is 1.03 bits per heavy atom. The van der Waals surface area contributed by atoms with Crippen molar-refractivity contribution in [1.29, 1.82) is 0 Å². The van der Waals surface area contributed by atoms with Crippen LogP contribution in [0.25, 0.3) is 0 Å². The number of sulfone groups is 1. The van der Waals surface area contributed by atoms with Crippen molar-refractivity contribution >= 4 is 32.9 Å². The zero-order valence-corrected chi connectivity index (χ0v) is 23.6. The quantitative estimate of drug-likeness (QED) is 0.378. The van der Waals surface area contributed by atoms with E-state index in [-0.39, 0.29) is 11.5 Å². The smallest absolute Gasteiger partial charge is 0.155 e. The predicted octanol–water partition coefficient (Wildman–Crippen LogP) is 6.02. The van der Waals surface area contributed by atoms with Gasteiger partial charge in [-0.1, -0.05) is 42.3 Å². The maximum Gasteiger partial charge on any atom is 0.155 e. The number of carbonyl (C=O) groups is 1. The zero-order valence-electron chi connectivity index (χ0n) is 22.0. The molecule has 0 radical (unpaired) electrons. The fourth-order valence-electron chi connectivity index (χ4n) is 4.76. The molecule has 3 rings (SSSR count). The Labute approximate surface area is 221 Å². The molecule has 1 N–H and O–H groups in total. The molecule has 0 unspecified atom stereocenters. The third-order valence-corrected chi connectivity index (χ3v) is 10.2. The summed E-state index contributed by atoms with van der Waals surface area (Å²) in [4.78, 5) is 14.8. The largest absolute Gasteiger partial charge is 0.385 e. The summed E-state index contributed by atoms with van der Waals surface area (Å²) in [5, 5.41) is 11.8. The van der Waals surface area contributed by atoms with Crippen LogP contribution in [0.5, 0.6) is 0 Å². The second-order valence-electron chi connectivity index (χ2n) is 11.1. The topological polar surface area (TPSA) is 74.7 Å². The van der Waals surface area contributed by atoms with Crippen molar-refractivity contribution in [2.24, 2.45) is 0 Å². The zero-order chi connectivity index (χ0) is 26.6. The van der Waals surface area contributed by atoms with Gasteiger partial charge in [0.15, 0.2) is 9.84 Å². The van der Waals surface area contributed by atoms with Crippen molar-refractivity contribution < 1.29 is 18.3 Å². The van der Waals surface area contributed by atoms with Crippen molar-refractivity contribution in [2.45, 2.75) is 83.0 Å². The van der Waals surface area contributed by atoms with Crippen LogP contribution in [0.2, 0.25) is 5.02 Å². The average molecular weight is 534 g/mol.